The van der Waals surface area contributed by atoms with Gasteiger partial charge in [-0.1, -0.05) is 18.2 Å². The molecule has 1 aliphatic rings. The molecule has 2 aromatic rings. The minimum atomic E-state index is -0.994. The molecule has 7 heteroatoms. The monoisotopic (exact) mass is 427 g/mol. The van der Waals surface area contributed by atoms with Crippen LogP contribution in [-0.2, 0) is 14.3 Å². The van der Waals surface area contributed by atoms with Crippen molar-refractivity contribution in [3.05, 3.63) is 59.7 Å². The third-order valence-corrected chi connectivity index (χ3v) is 4.77. The zero-order valence-corrected chi connectivity index (χ0v) is 18.2. The van der Waals surface area contributed by atoms with Crippen LogP contribution in [-0.4, -0.2) is 53.8 Å². The van der Waals surface area contributed by atoms with Crippen molar-refractivity contribution in [2.24, 2.45) is 0 Å². The molecule has 1 unspecified atom stereocenters. The second kappa shape index (κ2) is 9.94. The van der Waals surface area contributed by atoms with E-state index in [1.807, 2.05) is 45.0 Å². The van der Waals surface area contributed by atoms with Crippen molar-refractivity contribution < 1.29 is 28.9 Å². The summed E-state index contributed by atoms with van der Waals surface area (Å²) in [6, 6.07) is 13.9. The smallest absolute Gasteiger partial charge is 0.335 e. The fourth-order valence-electron chi connectivity index (χ4n) is 3.33. The molecule has 3 rings (SSSR count). The van der Waals surface area contributed by atoms with Crippen molar-refractivity contribution in [2.75, 3.05) is 26.2 Å². The summed E-state index contributed by atoms with van der Waals surface area (Å²) in [5, 5.41) is 9.10. The van der Waals surface area contributed by atoms with Crippen molar-refractivity contribution in [3.63, 3.8) is 0 Å². The summed E-state index contributed by atoms with van der Waals surface area (Å²) in [6.07, 6.45) is 0.267. The molecule has 0 saturated carbocycles. The number of carbonyl (C=O) groups is 2. The number of carbonyl (C=O) groups excluding carboxylic acids is 1. The molecule has 0 radical (unpaired) electrons. The van der Waals surface area contributed by atoms with Gasteiger partial charge in [-0.3, -0.25) is 9.69 Å². The Morgan fingerprint density at radius 1 is 1.13 bits per heavy atom. The van der Waals surface area contributed by atoms with Crippen LogP contribution in [0.2, 0.25) is 0 Å². The number of ether oxygens (including phenoxy) is 3. The van der Waals surface area contributed by atoms with Gasteiger partial charge in [0.2, 0.25) is 0 Å². The van der Waals surface area contributed by atoms with Gasteiger partial charge in [-0.15, -0.1) is 0 Å². The van der Waals surface area contributed by atoms with Gasteiger partial charge in [-0.25, -0.2) is 4.79 Å². The Labute approximate surface area is 182 Å². The lowest BCUT2D eigenvalue weighted by atomic mass is 10.1. The van der Waals surface area contributed by atoms with Crippen molar-refractivity contribution in [1.82, 2.24) is 4.90 Å². The molecule has 1 saturated heterocycles. The Hall–Kier alpha value is -2.90. The van der Waals surface area contributed by atoms with E-state index in [1.54, 1.807) is 12.1 Å². The van der Waals surface area contributed by atoms with Crippen molar-refractivity contribution in [2.45, 2.75) is 38.9 Å². The minimum Gasteiger partial charge on any atom is -0.478 e. The summed E-state index contributed by atoms with van der Waals surface area (Å²) in [7, 11) is 0. The van der Waals surface area contributed by atoms with E-state index in [4.69, 9.17) is 19.3 Å². The van der Waals surface area contributed by atoms with E-state index in [1.165, 1.54) is 12.1 Å². The summed E-state index contributed by atoms with van der Waals surface area (Å²) < 4.78 is 17.1. The van der Waals surface area contributed by atoms with Gasteiger partial charge in [0.05, 0.1) is 24.7 Å². The quantitative estimate of drug-likeness (QED) is 0.660. The maximum Gasteiger partial charge on any atom is 0.335 e. The molecule has 1 N–H and O–H groups in total. The third kappa shape index (κ3) is 7.08. The number of aromatic carboxylic acids is 1. The van der Waals surface area contributed by atoms with Crippen molar-refractivity contribution in [3.8, 4) is 11.5 Å². The molecule has 1 atom stereocenters. The summed E-state index contributed by atoms with van der Waals surface area (Å²) >= 11 is 0. The molecule has 0 spiro atoms. The highest BCUT2D eigenvalue weighted by molar-refractivity contribution is 5.88. The Morgan fingerprint density at radius 2 is 1.87 bits per heavy atom. The fourth-order valence-corrected chi connectivity index (χ4v) is 3.33. The summed E-state index contributed by atoms with van der Waals surface area (Å²) in [6.45, 7) is 8.31. The third-order valence-electron chi connectivity index (χ3n) is 4.77. The van der Waals surface area contributed by atoms with Crippen LogP contribution in [0.4, 0.5) is 0 Å². The molecule has 0 aliphatic carbocycles. The van der Waals surface area contributed by atoms with Gasteiger partial charge in [0.25, 0.3) is 0 Å². The van der Waals surface area contributed by atoms with Crippen LogP contribution < -0.4 is 4.74 Å². The molecular formula is C24H29NO6. The SMILES string of the molecule is CC(C)(C)OC(=O)CCN1CCOC(c2ccc(Oc3cccc(C(=O)O)c3)cc2)C1. The second-order valence-corrected chi connectivity index (χ2v) is 8.50. The number of hydrogen-bond donors (Lipinski definition) is 1. The van der Waals surface area contributed by atoms with Crippen LogP contribution in [0.25, 0.3) is 0 Å². The van der Waals surface area contributed by atoms with Crippen LogP contribution in [0.3, 0.4) is 0 Å². The largest absolute Gasteiger partial charge is 0.478 e. The van der Waals surface area contributed by atoms with Gasteiger partial charge >= 0.3 is 11.9 Å². The first-order chi connectivity index (χ1) is 14.7. The number of benzene rings is 2. The first-order valence-corrected chi connectivity index (χ1v) is 10.4. The second-order valence-electron chi connectivity index (χ2n) is 8.50. The lowest BCUT2D eigenvalue weighted by Gasteiger charge is -2.33. The van der Waals surface area contributed by atoms with Crippen LogP contribution in [0, 0.1) is 0 Å². The van der Waals surface area contributed by atoms with Gasteiger partial charge in [0.1, 0.15) is 17.1 Å². The van der Waals surface area contributed by atoms with Gasteiger partial charge < -0.3 is 19.3 Å². The van der Waals surface area contributed by atoms with E-state index in [-0.39, 0.29) is 17.6 Å². The summed E-state index contributed by atoms with van der Waals surface area (Å²) in [5.41, 5.74) is 0.730. The standard InChI is InChI=1S/C24H29NO6/c1-24(2,3)31-22(26)11-12-25-13-14-29-21(16-25)17-7-9-19(10-8-17)30-20-6-4-5-18(15-20)23(27)28/h4-10,15,21H,11-14,16H2,1-3H3,(H,27,28). The topological polar surface area (TPSA) is 85.3 Å². The number of morpholine rings is 1. The van der Waals surface area contributed by atoms with Crippen molar-refractivity contribution >= 4 is 11.9 Å². The molecular weight excluding hydrogens is 398 g/mol. The van der Waals surface area contributed by atoms with Gasteiger partial charge in [0.15, 0.2) is 0 Å². The number of carboxylic acid groups (broad SMARTS) is 1. The number of hydrogen-bond acceptors (Lipinski definition) is 6. The van der Waals surface area contributed by atoms with E-state index in [2.05, 4.69) is 4.90 Å². The number of nitrogens with zero attached hydrogens (tertiary/aromatic N) is 1. The van der Waals surface area contributed by atoms with Crippen LogP contribution in [0.1, 0.15) is 49.2 Å². The first-order valence-electron chi connectivity index (χ1n) is 10.4. The van der Waals surface area contributed by atoms with Gasteiger partial charge in [0, 0.05) is 19.6 Å². The average molecular weight is 427 g/mol. The molecule has 1 fully saturated rings. The van der Waals surface area contributed by atoms with E-state index in [9.17, 15) is 9.59 Å². The first kappa shape index (κ1) is 22.8. The summed E-state index contributed by atoms with van der Waals surface area (Å²) in [4.78, 5) is 25.3. The molecule has 0 aromatic heterocycles. The Morgan fingerprint density at radius 3 is 2.55 bits per heavy atom. The van der Waals surface area contributed by atoms with Gasteiger partial charge in [-0.2, -0.15) is 0 Å². The van der Waals surface area contributed by atoms with Crippen LogP contribution >= 0.6 is 0 Å². The molecule has 0 bridgehead atoms. The van der Waals surface area contributed by atoms with Crippen LogP contribution in [0.5, 0.6) is 11.5 Å². The maximum absolute atomic E-state index is 12.0. The summed E-state index contributed by atoms with van der Waals surface area (Å²) in [5.74, 6) is -0.103. The zero-order valence-electron chi connectivity index (χ0n) is 18.2. The lowest BCUT2D eigenvalue weighted by Crippen LogP contribution is -2.39. The highest BCUT2D eigenvalue weighted by Gasteiger charge is 2.23. The number of esters is 1. The molecule has 1 aliphatic heterocycles. The molecule has 31 heavy (non-hydrogen) atoms. The Kier molecular flexibility index (Phi) is 7.30. The predicted molar refractivity (Wildman–Crippen MR) is 116 cm³/mol. The number of rotatable bonds is 7. The Bertz CT molecular complexity index is 903. The normalized spacial score (nSPS) is 17.2. The van der Waals surface area contributed by atoms with Gasteiger partial charge in [-0.05, 0) is 56.7 Å². The van der Waals surface area contributed by atoms with E-state index >= 15 is 0 Å². The molecule has 0 amide bonds. The Balaban J connectivity index is 1.55. The van der Waals surface area contributed by atoms with E-state index in [0.717, 1.165) is 12.1 Å². The zero-order chi connectivity index (χ0) is 22.4. The molecule has 7 nitrogen and oxygen atoms in total. The molecule has 2 aromatic carbocycles. The molecule has 166 valence electrons. The maximum atomic E-state index is 12.0. The highest BCUT2D eigenvalue weighted by Crippen LogP contribution is 2.27. The predicted octanol–water partition coefficient (Wildman–Crippen LogP) is 4.28. The highest BCUT2D eigenvalue weighted by atomic mass is 16.6. The molecule has 1 heterocycles. The minimum absolute atomic E-state index is 0.0863. The number of carboxylic acids is 1. The lowest BCUT2D eigenvalue weighted by molar-refractivity contribution is -0.155. The van der Waals surface area contributed by atoms with Crippen molar-refractivity contribution in [1.29, 1.82) is 0 Å². The average Bonchev–Trinajstić information content (AvgIpc) is 2.72. The van der Waals surface area contributed by atoms with E-state index in [0.29, 0.717) is 37.6 Å². The van der Waals surface area contributed by atoms with Crippen LogP contribution in [0.15, 0.2) is 48.5 Å². The van der Waals surface area contributed by atoms with E-state index < -0.39 is 11.6 Å². The fraction of sp³-hybridized carbons (Fsp3) is 0.417.